The minimum absolute atomic E-state index is 0.183. The Morgan fingerprint density at radius 3 is 2.25 bits per heavy atom. The molecule has 0 saturated heterocycles. The summed E-state index contributed by atoms with van der Waals surface area (Å²) in [4.78, 5) is 0.507. The zero-order chi connectivity index (χ0) is 5.98. The van der Waals surface area contributed by atoms with Gasteiger partial charge in [-0.2, -0.15) is 0 Å². The summed E-state index contributed by atoms with van der Waals surface area (Å²) >= 11 is 4.70. The molecule has 0 spiro atoms. The second kappa shape index (κ2) is 2.01. The lowest BCUT2D eigenvalue weighted by Gasteiger charge is -1.89. The molecule has 1 rings (SSSR count). The van der Waals surface area contributed by atoms with E-state index in [2.05, 4.69) is 0 Å². The third kappa shape index (κ3) is 0.898. The summed E-state index contributed by atoms with van der Waals surface area (Å²) in [5, 5.41) is 8.82. The summed E-state index contributed by atoms with van der Waals surface area (Å²) < 4.78 is 0. The lowest BCUT2D eigenvalue weighted by atomic mass is 10.3. The standard InChI is InChI=1S/C6H5OS/c7-5-3-1-2-4-6(5)8/h1-4,7H. The predicted octanol–water partition coefficient (Wildman–Crippen LogP) is 1.95. The van der Waals surface area contributed by atoms with Crippen LogP contribution in [0.25, 0.3) is 0 Å². The van der Waals surface area contributed by atoms with E-state index >= 15 is 0 Å². The van der Waals surface area contributed by atoms with Gasteiger partial charge in [-0.1, -0.05) is 24.8 Å². The fourth-order valence-corrected chi connectivity index (χ4v) is 0.604. The van der Waals surface area contributed by atoms with Crippen molar-refractivity contribution in [3.8, 4) is 5.75 Å². The van der Waals surface area contributed by atoms with Crippen molar-refractivity contribution >= 4 is 12.6 Å². The minimum Gasteiger partial charge on any atom is -0.506 e. The van der Waals surface area contributed by atoms with Gasteiger partial charge >= 0.3 is 0 Å². The molecule has 1 radical (unpaired) electrons. The van der Waals surface area contributed by atoms with E-state index < -0.39 is 0 Å². The van der Waals surface area contributed by atoms with E-state index in [0.29, 0.717) is 4.90 Å². The van der Waals surface area contributed by atoms with E-state index in [0.717, 1.165) is 0 Å². The van der Waals surface area contributed by atoms with Crippen molar-refractivity contribution < 1.29 is 5.11 Å². The summed E-state index contributed by atoms with van der Waals surface area (Å²) in [6.07, 6.45) is 0. The van der Waals surface area contributed by atoms with Gasteiger partial charge in [0.1, 0.15) is 5.75 Å². The Labute approximate surface area is 53.4 Å². The lowest BCUT2D eigenvalue weighted by Crippen LogP contribution is -1.64. The van der Waals surface area contributed by atoms with Gasteiger partial charge in [0, 0.05) is 0 Å². The van der Waals surface area contributed by atoms with Gasteiger partial charge in [0.15, 0.2) is 0 Å². The molecule has 8 heavy (non-hydrogen) atoms. The van der Waals surface area contributed by atoms with Crippen LogP contribution < -0.4 is 0 Å². The van der Waals surface area contributed by atoms with Crippen LogP contribution in [-0.4, -0.2) is 5.11 Å². The number of phenols is 1. The quantitative estimate of drug-likeness (QED) is 0.562. The average Bonchev–Trinajstić information content (AvgIpc) is 1.77. The number of benzene rings is 1. The van der Waals surface area contributed by atoms with Crippen LogP contribution in [0.3, 0.4) is 0 Å². The number of hydrogen-bond donors (Lipinski definition) is 1. The van der Waals surface area contributed by atoms with Gasteiger partial charge in [-0.05, 0) is 12.1 Å². The molecule has 1 aromatic carbocycles. The highest BCUT2D eigenvalue weighted by molar-refractivity contribution is 7.80. The Morgan fingerprint density at radius 2 is 1.88 bits per heavy atom. The van der Waals surface area contributed by atoms with Crippen molar-refractivity contribution in [1.82, 2.24) is 0 Å². The molecule has 0 unspecified atom stereocenters. The number of rotatable bonds is 0. The fourth-order valence-electron chi connectivity index (χ4n) is 0.457. The van der Waals surface area contributed by atoms with Gasteiger partial charge in [-0.3, -0.25) is 0 Å². The van der Waals surface area contributed by atoms with Gasteiger partial charge < -0.3 is 5.11 Å². The fraction of sp³-hybridized carbons (Fsp3) is 0. The summed E-state index contributed by atoms with van der Waals surface area (Å²) in [5.74, 6) is 0.183. The highest BCUT2D eigenvalue weighted by Gasteiger charge is 1.89. The summed E-state index contributed by atoms with van der Waals surface area (Å²) in [7, 11) is 0. The maximum Gasteiger partial charge on any atom is 0.133 e. The van der Waals surface area contributed by atoms with Crippen LogP contribution in [0.1, 0.15) is 0 Å². The van der Waals surface area contributed by atoms with E-state index in [1.165, 1.54) is 0 Å². The third-order valence-electron chi connectivity index (χ3n) is 0.865. The second-order valence-electron chi connectivity index (χ2n) is 1.47. The first-order valence-corrected chi connectivity index (χ1v) is 2.66. The van der Waals surface area contributed by atoms with E-state index in [1.54, 1.807) is 24.3 Å². The Kier molecular flexibility index (Phi) is 1.35. The Morgan fingerprint density at radius 1 is 1.25 bits per heavy atom. The minimum atomic E-state index is 0.183. The van der Waals surface area contributed by atoms with Crippen molar-refractivity contribution in [1.29, 1.82) is 0 Å². The molecular weight excluding hydrogens is 120 g/mol. The smallest absolute Gasteiger partial charge is 0.133 e. The molecule has 2 heteroatoms. The molecule has 0 amide bonds. The second-order valence-corrected chi connectivity index (χ2v) is 1.91. The molecular formula is C6H5OS. The normalized spacial score (nSPS) is 9.00. The zero-order valence-electron chi connectivity index (χ0n) is 4.16. The van der Waals surface area contributed by atoms with Crippen molar-refractivity contribution in [3.05, 3.63) is 24.3 Å². The molecule has 0 bridgehead atoms. The SMILES string of the molecule is Oc1ccccc1[S]. The number of para-hydroxylation sites is 1. The topological polar surface area (TPSA) is 20.2 Å². The highest BCUT2D eigenvalue weighted by Crippen LogP contribution is 2.18. The molecule has 0 saturated carbocycles. The van der Waals surface area contributed by atoms with Crippen molar-refractivity contribution in [3.63, 3.8) is 0 Å². The van der Waals surface area contributed by atoms with Crippen molar-refractivity contribution in [2.24, 2.45) is 0 Å². The molecule has 1 aromatic rings. The highest BCUT2D eigenvalue weighted by atomic mass is 32.1. The maximum atomic E-state index is 8.82. The van der Waals surface area contributed by atoms with Crippen LogP contribution in [0.4, 0.5) is 0 Å². The summed E-state index contributed by atoms with van der Waals surface area (Å²) in [6.45, 7) is 0. The average molecular weight is 125 g/mol. The number of hydrogen-bond acceptors (Lipinski definition) is 1. The summed E-state index contributed by atoms with van der Waals surface area (Å²) in [5.41, 5.74) is 0. The van der Waals surface area contributed by atoms with Gasteiger partial charge in [0.25, 0.3) is 0 Å². The molecule has 1 N–H and O–H groups in total. The van der Waals surface area contributed by atoms with Gasteiger partial charge in [-0.25, -0.2) is 0 Å². The monoisotopic (exact) mass is 125 g/mol. The molecule has 1 nitrogen and oxygen atoms in total. The van der Waals surface area contributed by atoms with E-state index in [1.807, 2.05) is 0 Å². The first-order chi connectivity index (χ1) is 3.80. The largest absolute Gasteiger partial charge is 0.506 e. The molecule has 0 atom stereocenters. The van der Waals surface area contributed by atoms with Crippen LogP contribution in [0.2, 0.25) is 0 Å². The molecule has 0 aliphatic heterocycles. The Balaban J connectivity index is 3.13. The maximum absolute atomic E-state index is 8.82. The van der Waals surface area contributed by atoms with Crippen LogP contribution >= 0.6 is 12.6 Å². The molecule has 41 valence electrons. The molecule has 0 aliphatic rings. The van der Waals surface area contributed by atoms with Gasteiger partial charge in [-0.15, -0.1) is 0 Å². The summed E-state index contributed by atoms with van der Waals surface area (Å²) in [6, 6.07) is 6.79. The van der Waals surface area contributed by atoms with Gasteiger partial charge in [0.05, 0.1) is 4.90 Å². The number of phenolic OH excluding ortho intramolecular Hbond substituents is 1. The number of aromatic hydroxyl groups is 1. The van der Waals surface area contributed by atoms with E-state index in [4.69, 9.17) is 17.7 Å². The van der Waals surface area contributed by atoms with Crippen LogP contribution in [0.5, 0.6) is 5.75 Å². The van der Waals surface area contributed by atoms with Crippen molar-refractivity contribution in [2.75, 3.05) is 0 Å². The first kappa shape index (κ1) is 5.38. The third-order valence-corrected chi connectivity index (χ3v) is 1.21. The molecule has 0 aromatic heterocycles. The first-order valence-electron chi connectivity index (χ1n) is 2.26. The Bertz CT molecular complexity index is 165. The Hall–Kier alpha value is -0.760. The van der Waals surface area contributed by atoms with Crippen LogP contribution in [0.15, 0.2) is 29.2 Å². The zero-order valence-corrected chi connectivity index (χ0v) is 4.98. The van der Waals surface area contributed by atoms with Crippen LogP contribution in [0, 0.1) is 0 Å². The molecule has 0 aliphatic carbocycles. The van der Waals surface area contributed by atoms with E-state index in [-0.39, 0.29) is 5.75 Å². The predicted molar refractivity (Wildman–Crippen MR) is 34.0 cm³/mol. The lowest BCUT2D eigenvalue weighted by molar-refractivity contribution is 0.463. The van der Waals surface area contributed by atoms with E-state index in [9.17, 15) is 0 Å². The molecule has 0 heterocycles. The van der Waals surface area contributed by atoms with Crippen molar-refractivity contribution in [2.45, 2.75) is 4.90 Å². The molecule has 0 fully saturated rings. The van der Waals surface area contributed by atoms with Gasteiger partial charge in [0.2, 0.25) is 0 Å². The van der Waals surface area contributed by atoms with Crippen LogP contribution in [-0.2, 0) is 0 Å².